The Balaban J connectivity index is -0.0000000915. The molecule has 0 radical (unpaired) electrons. The van der Waals surface area contributed by atoms with Gasteiger partial charge in [0.15, 0.2) is 0 Å². The quantitative estimate of drug-likeness (QED) is 0.220. The van der Waals surface area contributed by atoms with Gasteiger partial charge in [-0.15, -0.1) is 0 Å². The van der Waals surface area contributed by atoms with Crippen LogP contribution in [-0.4, -0.2) is 36.5 Å². The van der Waals surface area contributed by atoms with E-state index in [0.29, 0.717) is 12.0 Å². The summed E-state index contributed by atoms with van der Waals surface area (Å²) in [5.41, 5.74) is 0. The molecule has 0 saturated carbocycles. The number of rotatable bonds is 11. The van der Waals surface area contributed by atoms with Gasteiger partial charge in [0.05, 0.1) is 12.2 Å². The van der Waals surface area contributed by atoms with Gasteiger partial charge in [0, 0.05) is 12.6 Å². The van der Waals surface area contributed by atoms with Crippen molar-refractivity contribution in [2.24, 2.45) is 59.2 Å². The van der Waals surface area contributed by atoms with E-state index in [1.54, 1.807) is 0 Å². The second-order valence-corrected chi connectivity index (χ2v) is 19.1. The van der Waals surface area contributed by atoms with E-state index in [-0.39, 0.29) is 13.5 Å². The van der Waals surface area contributed by atoms with Crippen LogP contribution in [0.15, 0.2) is 0 Å². The molecular formula is C50H115NO2. The van der Waals surface area contributed by atoms with Crippen LogP contribution < -0.4 is 5.32 Å². The van der Waals surface area contributed by atoms with Gasteiger partial charge in [-0.05, 0) is 97.8 Å². The average Bonchev–Trinajstić information content (AvgIpc) is 3.78. The first kappa shape index (κ1) is 67.6. The van der Waals surface area contributed by atoms with E-state index in [0.717, 1.165) is 72.3 Å². The second-order valence-electron chi connectivity index (χ2n) is 19.1. The Morgan fingerprint density at radius 1 is 0.509 bits per heavy atom. The summed E-state index contributed by atoms with van der Waals surface area (Å²) in [5, 5.41) is 12.4. The summed E-state index contributed by atoms with van der Waals surface area (Å²) >= 11 is 0. The van der Waals surface area contributed by atoms with Gasteiger partial charge in [-0.25, -0.2) is 0 Å². The Labute approximate surface area is 342 Å². The SMILES string of the molecule is C.CC(C)C(C)C.CC(C)C(C)C.CC(C)C1CCCN1.CC(C)C1CCCO1.CCC(C)C.CCC(O)C(C)C.CCCC(C)C.CCCC(C)C. The Morgan fingerprint density at radius 2 is 0.887 bits per heavy atom. The topological polar surface area (TPSA) is 41.5 Å². The summed E-state index contributed by atoms with van der Waals surface area (Å²) in [6, 6.07) is 0.815. The molecule has 2 rings (SSSR count). The molecule has 2 saturated heterocycles. The van der Waals surface area contributed by atoms with Crippen molar-refractivity contribution < 1.29 is 9.84 Å². The molecule has 53 heavy (non-hydrogen) atoms. The lowest BCUT2D eigenvalue weighted by Crippen LogP contribution is -2.26. The number of aliphatic hydroxyl groups excluding tert-OH is 1. The van der Waals surface area contributed by atoms with Crippen molar-refractivity contribution >= 4 is 0 Å². The molecule has 3 unspecified atom stereocenters. The first-order valence-corrected chi connectivity index (χ1v) is 22.9. The van der Waals surface area contributed by atoms with E-state index in [1.165, 1.54) is 64.3 Å². The third kappa shape index (κ3) is 67.0. The number of aliphatic hydroxyl groups is 1. The monoisotopic (exact) mass is 762 g/mol. The minimum atomic E-state index is -0.0972. The number of ether oxygens (including phenoxy) is 1. The lowest BCUT2D eigenvalue weighted by Gasteiger charge is -2.12. The predicted molar refractivity (Wildman–Crippen MR) is 252 cm³/mol. The van der Waals surface area contributed by atoms with E-state index < -0.39 is 0 Å². The van der Waals surface area contributed by atoms with Crippen molar-refractivity contribution in [1.82, 2.24) is 5.32 Å². The van der Waals surface area contributed by atoms with Gasteiger partial charge in [-0.2, -0.15) is 0 Å². The van der Waals surface area contributed by atoms with E-state index in [9.17, 15) is 0 Å². The molecule has 0 aromatic carbocycles. The van der Waals surface area contributed by atoms with Crippen LogP contribution >= 0.6 is 0 Å². The largest absolute Gasteiger partial charge is 0.393 e. The molecule has 2 aliphatic rings. The van der Waals surface area contributed by atoms with Gasteiger partial charge in [-0.1, -0.05) is 206 Å². The minimum absolute atomic E-state index is 0. The summed E-state index contributed by atoms with van der Waals surface area (Å²) < 4.78 is 5.41. The summed E-state index contributed by atoms with van der Waals surface area (Å²) in [5.74, 6) is 8.06. The zero-order chi connectivity index (χ0) is 42.4. The highest BCUT2D eigenvalue weighted by Gasteiger charge is 2.18. The third-order valence-electron chi connectivity index (χ3n) is 10.0. The summed E-state index contributed by atoms with van der Waals surface area (Å²) in [6.07, 6.45) is 13.4. The maximum absolute atomic E-state index is 8.94. The molecule has 2 heterocycles. The van der Waals surface area contributed by atoms with Gasteiger partial charge >= 0.3 is 0 Å². The fourth-order valence-corrected chi connectivity index (χ4v) is 4.03. The van der Waals surface area contributed by atoms with E-state index in [1.807, 2.05) is 20.8 Å². The van der Waals surface area contributed by atoms with Crippen molar-refractivity contribution in [1.29, 1.82) is 0 Å². The lowest BCUT2D eigenvalue weighted by molar-refractivity contribution is 0.0758. The molecule has 0 aromatic heterocycles. The van der Waals surface area contributed by atoms with Crippen molar-refractivity contribution in [3.8, 4) is 0 Å². The van der Waals surface area contributed by atoms with Gasteiger partial charge in [0.1, 0.15) is 0 Å². The minimum Gasteiger partial charge on any atom is -0.393 e. The Morgan fingerprint density at radius 3 is 0.962 bits per heavy atom. The number of hydrogen-bond acceptors (Lipinski definition) is 3. The van der Waals surface area contributed by atoms with Crippen molar-refractivity contribution in [2.45, 2.75) is 256 Å². The summed E-state index contributed by atoms with van der Waals surface area (Å²) in [6.45, 7) is 55.3. The molecule has 3 heteroatoms. The molecule has 0 spiro atoms. The normalized spacial score (nSPS) is 16.6. The van der Waals surface area contributed by atoms with Crippen LogP contribution in [0.25, 0.3) is 0 Å². The molecule has 0 aromatic rings. The van der Waals surface area contributed by atoms with Gasteiger partial charge in [0.25, 0.3) is 0 Å². The second kappa shape index (κ2) is 48.0. The fraction of sp³-hybridized carbons (Fsp3) is 1.00. The zero-order valence-electron chi connectivity index (χ0n) is 41.3. The van der Waals surface area contributed by atoms with Crippen LogP contribution in [-0.2, 0) is 4.74 Å². The van der Waals surface area contributed by atoms with Crippen LogP contribution in [0.2, 0.25) is 0 Å². The maximum atomic E-state index is 8.94. The summed E-state index contributed by atoms with van der Waals surface area (Å²) in [4.78, 5) is 0. The highest BCUT2D eigenvalue weighted by atomic mass is 16.5. The molecule has 0 bridgehead atoms. The molecule has 3 nitrogen and oxygen atoms in total. The van der Waals surface area contributed by atoms with Crippen molar-refractivity contribution in [2.75, 3.05) is 13.2 Å². The molecule has 332 valence electrons. The zero-order valence-corrected chi connectivity index (χ0v) is 41.3. The maximum Gasteiger partial charge on any atom is 0.0598 e. The fourth-order valence-electron chi connectivity index (χ4n) is 4.03. The predicted octanol–water partition coefficient (Wildman–Crippen LogP) is 16.8. The molecule has 2 aliphatic heterocycles. The Kier molecular flexibility index (Phi) is 61.3. The van der Waals surface area contributed by atoms with E-state index in [2.05, 4.69) is 151 Å². The number of hydrogen-bond donors (Lipinski definition) is 2. The molecule has 2 N–H and O–H groups in total. The van der Waals surface area contributed by atoms with Crippen LogP contribution in [0.3, 0.4) is 0 Å². The van der Waals surface area contributed by atoms with Crippen LogP contribution in [0.4, 0.5) is 0 Å². The molecule has 0 aliphatic carbocycles. The third-order valence-corrected chi connectivity index (χ3v) is 10.0. The first-order chi connectivity index (χ1) is 23.9. The average molecular weight is 762 g/mol. The molecule has 0 amide bonds. The number of nitrogens with one attached hydrogen (secondary N) is 1. The van der Waals surface area contributed by atoms with Gasteiger partial charge in [0.2, 0.25) is 0 Å². The van der Waals surface area contributed by atoms with Crippen LogP contribution in [0.1, 0.15) is 238 Å². The first-order valence-electron chi connectivity index (χ1n) is 22.9. The van der Waals surface area contributed by atoms with Crippen LogP contribution in [0.5, 0.6) is 0 Å². The van der Waals surface area contributed by atoms with Crippen molar-refractivity contribution in [3.63, 3.8) is 0 Å². The smallest absolute Gasteiger partial charge is 0.0598 e. The van der Waals surface area contributed by atoms with Gasteiger partial charge < -0.3 is 15.2 Å². The van der Waals surface area contributed by atoms with Gasteiger partial charge in [-0.3, -0.25) is 0 Å². The van der Waals surface area contributed by atoms with Crippen LogP contribution in [0, 0.1) is 59.2 Å². The van der Waals surface area contributed by atoms with E-state index >= 15 is 0 Å². The standard InChI is InChI=1S/C7H15N.C7H14O.C6H14O.4C6H14.C5H12.CH4/c2*1-6(2)7-4-3-5-8-7;1-4-6(7)5(2)3;2*1-5(2)6(3)4;2*1-4-5-6(2)3;1-4-5(2)3;/h6-8H,3-5H2,1-2H3;6-7H,3-5H2,1-2H3;5-7H,4H2,1-3H3;2*5-6H,1-4H3;2*6H,4-5H2,1-3H3;5H,4H2,1-3H3;1H4. The summed E-state index contributed by atoms with van der Waals surface area (Å²) in [7, 11) is 0. The molecule has 3 atom stereocenters. The molecule has 2 fully saturated rings. The highest BCUT2D eigenvalue weighted by molar-refractivity contribution is 4.76. The lowest BCUT2D eigenvalue weighted by atomic mass is 10.0. The van der Waals surface area contributed by atoms with E-state index in [4.69, 9.17) is 9.84 Å². The molecular weight excluding hydrogens is 647 g/mol. The Hall–Kier alpha value is -0.120. The highest BCUT2D eigenvalue weighted by Crippen LogP contribution is 2.19. The van der Waals surface area contributed by atoms with Crippen molar-refractivity contribution in [3.05, 3.63) is 0 Å². The Bertz CT molecular complexity index is 541.